The molecule has 3 aromatic rings. The molecule has 5 nitrogen and oxygen atoms in total. The quantitative estimate of drug-likeness (QED) is 0.718. The van der Waals surface area contributed by atoms with Crippen molar-refractivity contribution in [3.05, 3.63) is 71.7 Å². The van der Waals surface area contributed by atoms with Gasteiger partial charge < -0.3 is 14.6 Å². The largest absolute Gasteiger partial charge is 0.459 e. The molecular formula is C23H23FN2O3. The maximum absolute atomic E-state index is 13.0. The molecule has 1 aromatic heterocycles. The molecule has 1 fully saturated rings. The lowest BCUT2D eigenvalue weighted by Crippen LogP contribution is -2.43. The average Bonchev–Trinajstić information content (AvgIpc) is 3.18. The fourth-order valence-electron chi connectivity index (χ4n) is 3.74. The zero-order chi connectivity index (χ0) is 20.4. The van der Waals surface area contributed by atoms with Crippen LogP contribution in [0.2, 0.25) is 0 Å². The number of carbonyl (C=O) groups excluding carboxylic acids is 2. The number of hydrogen-bond acceptors (Lipinski definition) is 3. The summed E-state index contributed by atoms with van der Waals surface area (Å²) in [6.45, 7) is 2.92. The van der Waals surface area contributed by atoms with Crippen molar-refractivity contribution in [3.8, 4) is 0 Å². The summed E-state index contributed by atoms with van der Waals surface area (Å²) in [5, 5.41) is 4.04. The van der Waals surface area contributed by atoms with Crippen molar-refractivity contribution in [3.63, 3.8) is 0 Å². The zero-order valence-electron chi connectivity index (χ0n) is 16.2. The van der Waals surface area contributed by atoms with Crippen LogP contribution in [0.3, 0.4) is 0 Å². The van der Waals surface area contributed by atoms with Crippen LogP contribution in [-0.2, 0) is 4.79 Å². The smallest absolute Gasteiger partial charge is 0.253 e. The van der Waals surface area contributed by atoms with E-state index < -0.39 is 0 Å². The molecule has 1 N–H and O–H groups in total. The summed E-state index contributed by atoms with van der Waals surface area (Å²) in [6.07, 6.45) is 1.21. The van der Waals surface area contributed by atoms with Crippen LogP contribution in [0, 0.1) is 11.7 Å². The van der Waals surface area contributed by atoms with E-state index in [0.29, 0.717) is 31.5 Å². The van der Waals surface area contributed by atoms with E-state index in [2.05, 4.69) is 5.32 Å². The third-order valence-corrected chi connectivity index (χ3v) is 5.47. The van der Waals surface area contributed by atoms with Gasteiger partial charge in [0.1, 0.15) is 17.2 Å². The van der Waals surface area contributed by atoms with E-state index in [1.54, 1.807) is 4.90 Å². The molecule has 6 heteroatoms. The highest BCUT2D eigenvalue weighted by Crippen LogP contribution is 2.25. The van der Waals surface area contributed by atoms with Gasteiger partial charge in [0, 0.05) is 30.0 Å². The maximum Gasteiger partial charge on any atom is 0.253 e. The molecule has 2 aromatic carbocycles. The molecule has 4 rings (SSSR count). The van der Waals surface area contributed by atoms with Gasteiger partial charge in [-0.25, -0.2) is 4.39 Å². The lowest BCUT2D eigenvalue weighted by Gasteiger charge is -2.31. The van der Waals surface area contributed by atoms with Crippen molar-refractivity contribution >= 4 is 22.8 Å². The molecule has 150 valence electrons. The minimum atomic E-state index is -0.365. The molecule has 0 saturated carbocycles. The Bertz CT molecular complexity index is 987. The van der Waals surface area contributed by atoms with E-state index in [4.69, 9.17) is 4.42 Å². The van der Waals surface area contributed by atoms with Gasteiger partial charge >= 0.3 is 0 Å². The first kappa shape index (κ1) is 19.2. The summed E-state index contributed by atoms with van der Waals surface area (Å²) in [4.78, 5) is 26.9. The Hall–Kier alpha value is -3.15. The number of piperidine rings is 1. The fourth-order valence-corrected chi connectivity index (χ4v) is 3.74. The van der Waals surface area contributed by atoms with Crippen molar-refractivity contribution in [1.29, 1.82) is 0 Å². The van der Waals surface area contributed by atoms with Crippen molar-refractivity contribution in [2.45, 2.75) is 25.8 Å². The number of nitrogens with zero attached hydrogens (tertiary/aromatic N) is 1. The Morgan fingerprint density at radius 3 is 2.48 bits per heavy atom. The van der Waals surface area contributed by atoms with Crippen LogP contribution in [0.15, 0.2) is 59.0 Å². The predicted octanol–water partition coefficient (Wildman–Crippen LogP) is 4.30. The SMILES string of the molecule is CC(NC(=O)C1CCN(C(=O)c2ccc(F)cc2)CC1)c1cc2ccccc2o1. The van der Waals surface area contributed by atoms with Gasteiger partial charge in [0.25, 0.3) is 5.91 Å². The molecule has 0 bridgehead atoms. The summed E-state index contributed by atoms with van der Waals surface area (Å²) >= 11 is 0. The van der Waals surface area contributed by atoms with E-state index in [-0.39, 0.29) is 29.6 Å². The highest BCUT2D eigenvalue weighted by atomic mass is 19.1. The van der Waals surface area contributed by atoms with Gasteiger partial charge in [-0.15, -0.1) is 0 Å². The standard InChI is InChI=1S/C23H23FN2O3/c1-15(21-14-18-4-2-3-5-20(18)29-21)25-22(27)16-10-12-26(13-11-16)23(28)17-6-8-19(24)9-7-17/h2-9,14-16H,10-13H2,1H3,(H,25,27). The molecule has 29 heavy (non-hydrogen) atoms. The van der Waals surface area contributed by atoms with Crippen LogP contribution in [0.1, 0.15) is 41.9 Å². The lowest BCUT2D eigenvalue weighted by atomic mass is 9.95. The predicted molar refractivity (Wildman–Crippen MR) is 108 cm³/mol. The Labute approximate surface area is 168 Å². The molecule has 1 aliphatic heterocycles. The summed E-state index contributed by atoms with van der Waals surface area (Å²) < 4.78 is 18.9. The van der Waals surface area contributed by atoms with Crippen molar-refractivity contribution < 1.29 is 18.4 Å². The van der Waals surface area contributed by atoms with Crippen molar-refractivity contribution in [2.75, 3.05) is 13.1 Å². The number of para-hydroxylation sites is 1. The second-order valence-corrected chi connectivity index (χ2v) is 7.49. The third kappa shape index (κ3) is 4.16. The molecule has 1 aliphatic rings. The van der Waals surface area contributed by atoms with E-state index >= 15 is 0 Å². The molecule has 2 amide bonds. The van der Waals surface area contributed by atoms with E-state index in [1.807, 2.05) is 37.3 Å². The first-order valence-corrected chi connectivity index (χ1v) is 9.85. The highest BCUT2D eigenvalue weighted by molar-refractivity contribution is 5.94. The van der Waals surface area contributed by atoms with Gasteiger partial charge in [-0.1, -0.05) is 18.2 Å². The number of rotatable bonds is 4. The molecule has 1 saturated heterocycles. The number of fused-ring (bicyclic) bond motifs is 1. The van der Waals surface area contributed by atoms with Crippen LogP contribution < -0.4 is 5.32 Å². The van der Waals surface area contributed by atoms with Gasteiger partial charge in [0.05, 0.1) is 6.04 Å². The van der Waals surface area contributed by atoms with Gasteiger partial charge in [-0.2, -0.15) is 0 Å². The van der Waals surface area contributed by atoms with Crippen molar-refractivity contribution in [2.24, 2.45) is 5.92 Å². The summed E-state index contributed by atoms with van der Waals surface area (Å²) in [7, 11) is 0. The molecule has 2 heterocycles. The van der Waals surface area contributed by atoms with Crippen LogP contribution in [-0.4, -0.2) is 29.8 Å². The number of carbonyl (C=O) groups is 2. The number of furan rings is 1. The minimum absolute atomic E-state index is 0.0214. The van der Waals surface area contributed by atoms with Gasteiger partial charge in [-0.05, 0) is 56.2 Å². The van der Waals surface area contributed by atoms with E-state index in [1.165, 1.54) is 24.3 Å². The Morgan fingerprint density at radius 2 is 1.79 bits per heavy atom. The molecule has 1 atom stereocenters. The first-order chi connectivity index (χ1) is 14.0. The topological polar surface area (TPSA) is 62.6 Å². The average molecular weight is 394 g/mol. The number of benzene rings is 2. The minimum Gasteiger partial charge on any atom is -0.459 e. The monoisotopic (exact) mass is 394 g/mol. The second kappa shape index (κ2) is 8.07. The number of nitrogens with one attached hydrogen (secondary N) is 1. The molecule has 0 spiro atoms. The Morgan fingerprint density at radius 1 is 1.10 bits per heavy atom. The van der Waals surface area contributed by atoms with Crippen LogP contribution in [0.5, 0.6) is 0 Å². The van der Waals surface area contributed by atoms with Gasteiger partial charge in [0.2, 0.25) is 5.91 Å². The number of amides is 2. The number of halogens is 1. The van der Waals surface area contributed by atoms with E-state index in [9.17, 15) is 14.0 Å². The first-order valence-electron chi connectivity index (χ1n) is 9.85. The normalized spacial score (nSPS) is 16.0. The van der Waals surface area contributed by atoms with Crippen LogP contribution >= 0.6 is 0 Å². The second-order valence-electron chi connectivity index (χ2n) is 7.49. The molecular weight excluding hydrogens is 371 g/mol. The van der Waals surface area contributed by atoms with Gasteiger partial charge in [0.15, 0.2) is 0 Å². The molecule has 1 unspecified atom stereocenters. The summed E-state index contributed by atoms with van der Waals surface area (Å²) in [5.41, 5.74) is 1.27. The molecule has 0 radical (unpaired) electrons. The zero-order valence-corrected chi connectivity index (χ0v) is 16.2. The van der Waals surface area contributed by atoms with Crippen LogP contribution in [0.25, 0.3) is 11.0 Å². The maximum atomic E-state index is 13.0. The van der Waals surface area contributed by atoms with E-state index in [0.717, 1.165) is 16.7 Å². The third-order valence-electron chi connectivity index (χ3n) is 5.47. The van der Waals surface area contributed by atoms with Gasteiger partial charge in [-0.3, -0.25) is 9.59 Å². The van der Waals surface area contributed by atoms with Crippen LogP contribution in [0.4, 0.5) is 4.39 Å². The highest BCUT2D eigenvalue weighted by Gasteiger charge is 2.29. The number of likely N-dealkylation sites (tertiary alicyclic amines) is 1. The lowest BCUT2D eigenvalue weighted by molar-refractivity contribution is -0.127. The summed E-state index contributed by atoms with van der Waals surface area (Å²) in [5.74, 6) is 0.0735. The Balaban J connectivity index is 1.32. The summed E-state index contributed by atoms with van der Waals surface area (Å²) in [6, 6.07) is 15.0. The Kier molecular flexibility index (Phi) is 5.34. The number of hydrogen-bond donors (Lipinski definition) is 1. The van der Waals surface area contributed by atoms with Crippen molar-refractivity contribution in [1.82, 2.24) is 10.2 Å². The fraction of sp³-hybridized carbons (Fsp3) is 0.304. The molecule has 0 aliphatic carbocycles.